The van der Waals surface area contributed by atoms with Crippen LogP contribution < -0.4 is 5.56 Å². The first kappa shape index (κ1) is 19.0. The van der Waals surface area contributed by atoms with Gasteiger partial charge in [-0.25, -0.2) is 9.97 Å². The van der Waals surface area contributed by atoms with Crippen molar-refractivity contribution in [3.8, 4) is 32.3 Å². The fourth-order valence-electron chi connectivity index (χ4n) is 3.86. The third-order valence-corrected chi connectivity index (χ3v) is 7.19. The molecule has 0 radical (unpaired) electrons. The summed E-state index contributed by atoms with van der Waals surface area (Å²) in [7, 11) is 0. The summed E-state index contributed by atoms with van der Waals surface area (Å²) in [6, 6.07) is 18.4. The summed E-state index contributed by atoms with van der Waals surface area (Å²) in [5, 5.41) is 4.51. The molecule has 6 aromatic rings. The molecule has 1 aromatic carbocycles. The molecule has 0 unspecified atom stereocenters. The first-order valence-corrected chi connectivity index (χ1v) is 11.8. The molecule has 5 nitrogen and oxygen atoms in total. The van der Waals surface area contributed by atoms with Crippen LogP contribution in [0.25, 0.3) is 54.2 Å². The van der Waals surface area contributed by atoms with Crippen molar-refractivity contribution in [1.29, 1.82) is 0 Å². The third kappa shape index (κ3) is 3.23. The van der Waals surface area contributed by atoms with Gasteiger partial charge in [0.1, 0.15) is 10.7 Å². The second-order valence-electron chi connectivity index (χ2n) is 7.49. The van der Waals surface area contributed by atoms with Gasteiger partial charge in [0.2, 0.25) is 0 Å². The minimum Gasteiger partial charge on any atom is -0.306 e. The van der Waals surface area contributed by atoms with Gasteiger partial charge in [0.15, 0.2) is 0 Å². The molecule has 7 heteroatoms. The van der Waals surface area contributed by atoms with Crippen LogP contribution in [0.2, 0.25) is 0 Å². The lowest BCUT2D eigenvalue weighted by Crippen LogP contribution is -2.09. The van der Waals surface area contributed by atoms with Crippen LogP contribution in [0.3, 0.4) is 0 Å². The molecular formula is C25H16N4OS2. The lowest BCUT2D eigenvalue weighted by atomic mass is 9.99. The second kappa shape index (κ2) is 7.47. The number of thiophene rings is 1. The number of fused-ring (bicyclic) bond motifs is 2. The number of benzene rings is 1. The topological polar surface area (TPSA) is 71.5 Å². The number of aryl methyl sites for hydroxylation is 1. The molecule has 0 fully saturated rings. The van der Waals surface area contributed by atoms with Crippen LogP contribution >= 0.6 is 22.7 Å². The quantitative estimate of drug-likeness (QED) is 0.342. The molecule has 0 saturated carbocycles. The number of aromatic nitrogens is 4. The van der Waals surface area contributed by atoms with E-state index in [-0.39, 0.29) is 5.56 Å². The minimum atomic E-state index is -0.183. The van der Waals surface area contributed by atoms with Crippen LogP contribution in [0, 0.1) is 6.92 Å². The van der Waals surface area contributed by atoms with Gasteiger partial charge in [0.25, 0.3) is 5.56 Å². The Kier molecular flexibility index (Phi) is 4.45. The average molecular weight is 453 g/mol. The van der Waals surface area contributed by atoms with Crippen LogP contribution in [-0.2, 0) is 0 Å². The number of aromatic amines is 1. The SMILES string of the molecule is Cc1ccc(-c2nc3[nH]c(=O)c(-c4nccs4)cc3cc2-c2ccc3ncccc3c2)s1. The van der Waals surface area contributed by atoms with E-state index in [1.807, 2.05) is 23.6 Å². The molecule has 154 valence electrons. The molecule has 5 heterocycles. The highest BCUT2D eigenvalue weighted by Gasteiger charge is 2.16. The Bertz CT molecular complexity index is 1670. The maximum absolute atomic E-state index is 12.8. The van der Waals surface area contributed by atoms with E-state index in [1.165, 1.54) is 16.2 Å². The Hall–Kier alpha value is -3.68. The zero-order valence-corrected chi connectivity index (χ0v) is 18.6. The Morgan fingerprint density at radius 3 is 2.62 bits per heavy atom. The van der Waals surface area contributed by atoms with E-state index < -0.39 is 0 Å². The summed E-state index contributed by atoms with van der Waals surface area (Å²) in [5.74, 6) is 0. The van der Waals surface area contributed by atoms with Gasteiger partial charge in [-0.3, -0.25) is 9.78 Å². The van der Waals surface area contributed by atoms with Crippen LogP contribution in [0.4, 0.5) is 0 Å². The number of pyridine rings is 3. The van der Waals surface area contributed by atoms with Crippen LogP contribution in [0.15, 0.2) is 77.2 Å². The Morgan fingerprint density at radius 2 is 1.81 bits per heavy atom. The van der Waals surface area contributed by atoms with Gasteiger partial charge < -0.3 is 4.98 Å². The highest BCUT2D eigenvalue weighted by Crippen LogP contribution is 2.37. The molecule has 0 amide bonds. The second-order valence-corrected chi connectivity index (χ2v) is 9.68. The molecule has 0 aliphatic heterocycles. The van der Waals surface area contributed by atoms with Gasteiger partial charge in [-0.2, -0.15) is 0 Å². The summed E-state index contributed by atoms with van der Waals surface area (Å²) in [6.07, 6.45) is 3.51. The van der Waals surface area contributed by atoms with Crippen molar-refractivity contribution >= 4 is 44.6 Å². The Labute approximate surface area is 191 Å². The maximum atomic E-state index is 12.8. The molecule has 5 aromatic heterocycles. The fraction of sp³-hybridized carbons (Fsp3) is 0.0400. The number of thiazole rings is 1. The van der Waals surface area contributed by atoms with Crippen molar-refractivity contribution in [1.82, 2.24) is 19.9 Å². The van der Waals surface area contributed by atoms with E-state index in [0.29, 0.717) is 16.2 Å². The predicted octanol–water partition coefficient (Wildman–Crippen LogP) is 6.30. The summed E-state index contributed by atoms with van der Waals surface area (Å²) < 4.78 is 0. The van der Waals surface area contributed by atoms with Gasteiger partial charge in [-0.1, -0.05) is 12.1 Å². The number of nitrogens with one attached hydrogen (secondary N) is 1. The summed E-state index contributed by atoms with van der Waals surface area (Å²) in [4.78, 5) is 31.7. The zero-order chi connectivity index (χ0) is 21.7. The molecule has 32 heavy (non-hydrogen) atoms. The lowest BCUT2D eigenvalue weighted by Gasteiger charge is -2.11. The van der Waals surface area contributed by atoms with Gasteiger partial charge >= 0.3 is 0 Å². The molecule has 0 bridgehead atoms. The van der Waals surface area contributed by atoms with E-state index in [0.717, 1.165) is 38.0 Å². The van der Waals surface area contributed by atoms with Gasteiger partial charge in [0, 0.05) is 39.0 Å². The normalized spacial score (nSPS) is 11.4. The number of hydrogen-bond donors (Lipinski definition) is 1. The largest absolute Gasteiger partial charge is 0.306 e. The van der Waals surface area contributed by atoms with Gasteiger partial charge in [0.05, 0.1) is 21.7 Å². The summed E-state index contributed by atoms with van der Waals surface area (Å²) in [5.41, 5.74) is 4.83. The van der Waals surface area contributed by atoms with E-state index in [2.05, 4.69) is 58.3 Å². The van der Waals surface area contributed by atoms with Crippen molar-refractivity contribution in [2.24, 2.45) is 0 Å². The lowest BCUT2D eigenvalue weighted by molar-refractivity contribution is 1.23. The first-order chi connectivity index (χ1) is 15.7. The molecule has 6 rings (SSSR count). The molecule has 0 saturated heterocycles. The van der Waals surface area contributed by atoms with Crippen molar-refractivity contribution < 1.29 is 0 Å². The molecule has 0 spiro atoms. The van der Waals surface area contributed by atoms with Crippen LogP contribution in [-0.4, -0.2) is 19.9 Å². The van der Waals surface area contributed by atoms with E-state index in [1.54, 1.807) is 23.7 Å². The predicted molar refractivity (Wildman–Crippen MR) is 132 cm³/mol. The van der Waals surface area contributed by atoms with Gasteiger partial charge in [-0.15, -0.1) is 22.7 Å². The number of rotatable bonds is 3. The molecule has 0 aliphatic carbocycles. The highest BCUT2D eigenvalue weighted by molar-refractivity contribution is 7.15. The van der Waals surface area contributed by atoms with E-state index >= 15 is 0 Å². The van der Waals surface area contributed by atoms with Crippen molar-refractivity contribution in [3.63, 3.8) is 0 Å². The van der Waals surface area contributed by atoms with Crippen molar-refractivity contribution in [2.75, 3.05) is 0 Å². The van der Waals surface area contributed by atoms with Crippen molar-refractivity contribution in [3.05, 3.63) is 87.6 Å². The number of hydrogen-bond acceptors (Lipinski definition) is 6. The van der Waals surface area contributed by atoms with Crippen LogP contribution in [0.5, 0.6) is 0 Å². The molecule has 0 atom stereocenters. The smallest absolute Gasteiger partial charge is 0.259 e. The Balaban J connectivity index is 1.64. The maximum Gasteiger partial charge on any atom is 0.259 e. The van der Waals surface area contributed by atoms with Crippen LogP contribution in [0.1, 0.15) is 4.88 Å². The van der Waals surface area contributed by atoms with E-state index in [4.69, 9.17) is 4.98 Å². The van der Waals surface area contributed by atoms with Gasteiger partial charge in [-0.05, 0) is 55.0 Å². The molecule has 0 aliphatic rings. The first-order valence-electron chi connectivity index (χ1n) is 10.1. The monoisotopic (exact) mass is 452 g/mol. The number of nitrogens with zero attached hydrogens (tertiary/aromatic N) is 3. The summed E-state index contributed by atoms with van der Waals surface area (Å²) in [6.45, 7) is 2.08. The standard InChI is InChI=1S/C25H16N4OS2/c1-14-4-7-21(32-14)22-18(15-5-6-20-16(11-15)3-2-8-26-20)12-17-13-19(25-27-9-10-31-25)24(30)29-23(17)28-22/h2-13H,1H3,(H,28,29,30). The Morgan fingerprint density at radius 1 is 0.906 bits per heavy atom. The number of H-pyrrole nitrogens is 1. The molecule has 1 N–H and O–H groups in total. The summed E-state index contributed by atoms with van der Waals surface area (Å²) >= 11 is 3.14. The van der Waals surface area contributed by atoms with E-state index in [9.17, 15) is 4.79 Å². The fourth-order valence-corrected chi connectivity index (χ4v) is 5.39. The van der Waals surface area contributed by atoms with Crippen molar-refractivity contribution in [2.45, 2.75) is 6.92 Å². The minimum absolute atomic E-state index is 0.183. The molecular weight excluding hydrogens is 436 g/mol. The average Bonchev–Trinajstić information content (AvgIpc) is 3.49. The zero-order valence-electron chi connectivity index (χ0n) is 17.0. The highest BCUT2D eigenvalue weighted by atomic mass is 32.1. The third-order valence-electron chi connectivity index (χ3n) is 5.38.